The Kier molecular flexibility index (Phi) is 3.92. The fraction of sp³-hybridized carbons (Fsp3) is 0.357. The lowest BCUT2D eigenvalue weighted by atomic mass is 10.1. The monoisotopic (exact) mass is 317 g/mol. The van der Waals surface area contributed by atoms with Crippen LogP contribution < -0.4 is 4.90 Å². The van der Waals surface area contributed by atoms with Crippen LogP contribution in [0.5, 0.6) is 0 Å². The summed E-state index contributed by atoms with van der Waals surface area (Å²) >= 11 is 0. The van der Waals surface area contributed by atoms with Gasteiger partial charge in [-0.25, -0.2) is 4.79 Å². The summed E-state index contributed by atoms with van der Waals surface area (Å²) in [6.45, 7) is 1.50. The van der Waals surface area contributed by atoms with Crippen LogP contribution in [0.3, 0.4) is 0 Å². The Bertz CT molecular complexity index is 734. The number of aromatic carboxylic acids is 1. The topological polar surface area (TPSA) is 114 Å². The van der Waals surface area contributed by atoms with Gasteiger partial charge < -0.3 is 10.0 Å². The predicted molar refractivity (Wildman–Crippen MR) is 81.0 cm³/mol. The highest BCUT2D eigenvalue weighted by Crippen LogP contribution is 2.22. The van der Waals surface area contributed by atoms with Gasteiger partial charge in [0.15, 0.2) is 5.82 Å². The molecule has 1 saturated heterocycles. The van der Waals surface area contributed by atoms with Crippen LogP contribution in [0.4, 0.5) is 11.5 Å². The van der Waals surface area contributed by atoms with Crippen molar-refractivity contribution in [2.24, 2.45) is 0 Å². The summed E-state index contributed by atoms with van der Waals surface area (Å²) < 4.78 is 0. The van der Waals surface area contributed by atoms with Crippen molar-refractivity contribution in [3.63, 3.8) is 0 Å². The SMILES string of the molecule is O=C(O)c1nn(-c2ccc([N+](=O)[O-])cc2)nc1N1CCCCC1. The molecule has 0 aliphatic carbocycles. The van der Waals surface area contributed by atoms with Gasteiger partial charge in [0.05, 0.1) is 10.6 Å². The number of benzene rings is 1. The number of rotatable bonds is 4. The molecule has 0 unspecified atom stereocenters. The number of anilines is 1. The summed E-state index contributed by atoms with van der Waals surface area (Å²) in [7, 11) is 0. The molecule has 0 amide bonds. The fourth-order valence-electron chi connectivity index (χ4n) is 2.58. The molecule has 2 heterocycles. The number of nitro benzene ring substituents is 1. The molecule has 9 heteroatoms. The zero-order chi connectivity index (χ0) is 16.4. The first-order valence-electron chi connectivity index (χ1n) is 7.26. The normalized spacial score (nSPS) is 14.7. The molecule has 1 N–H and O–H groups in total. The highest BCUT2D eigenvalue weighted by atomic mass is 16.6. The number of hydrogen-bond acceptors (Lipinski definition) is 6. The van der Waals surface area contributed by atoms with Crippen molar-refractivity contribution in [2.75, 3.05) is 18.0 Å². The number of hydrogen-bond donors (Lipinski definition) is 1. The van der Waals surface area contributed by atoms with Gasteiger partial charge in [0, 0.05) is 25.2 Å². The summed E-state index contributed by atoms with van der Waals surface area (Å²) in [6, 6.07) is 5.65. The Balaban J connectivity index is 1.96. The lowest BCUT2D eigenvalue weighted by Crippen LogP contribution is -2.31. The molecule has 0 atom stereocenters. The second-order valence-electron chi connectivity index (χ2n) is 5.29. The zero-order valence-electron chi connectivity index (χ0n) is 12.3. The third-order valence-electron chi connectivity index (χ3n) is 3.75. The minimum Gasteiger partial charge on any atom is -0.476 e. The number of nitrogens with zero attached hydrogens (tertiary/aromatic N) is 5. The number of piperidine rings is 1. The van der Waals surface area contributed by atoms with Crippen LogP contribution in [0.25, 0.3) is 5.69 Å². The number of aromatic nitrogens is 3. The van der Waals surface area contributed by atoms with E-state index in [9.17, 15) is 20.0 Å². The summed E-state index contributed by atoms with van der Waals surface area (Å²) in [5.74, 6) is -0.797. The zero-order valence-corrected chi connectivity index (χ0v) is 12.3. The van der Waals surface area contributed by atoms with Gasteiger partial charge in [0.1, 0.15) is 0 Å². The van der Waals surface area contributed by atoms with Gasteiger partial charge in [0.25, 0.3) is 5.69 Å². The number of carboxylic acid groups (broad SMARTS) is 1. The van der Waals surface area contributed by atoms with Crippen LogP contribution in [0.1, 0.15) is 29.8 Å². The minimum absolute atomic E-state index is 0.0457. The summed E-state index contributed by atoms with van der Waals surface area (Å²) in [5.41, 5.74) is 0.322. The van der Waals surface area contributed by atoms with Crippen LogP contribution in [0.15, 0.2) is 24.3 Å². The highest BCUT2D eigenvalue weighted by molar-refractivity contribution is 5.91. The lowest BCUT2D eigenvalue weighted by molar-refractivity contribution is -0.384. The van der Waals surface area contributed by atoms with Crippen molar-refractivity contribution >= 4 is 17.5 Å². The van der Waals surface area contributed by atoms with E-state index in [0.717, 1.165) is 32.4 Å². The van der Waals surface area contributed by atoms with Gasteiger partial charge in [-0.15, -0.1) is 15.0 Å². The average Bonchev–Trinajstić information content (AvgIpc) is 3.01. The van der Waals surface area contributed by atoms with Crippen LogP contribution >= 0.6 is 0 Å². The smallest absolute Gasteiger partial charge is 0.360 e. The van der Waals surface area contributed by atoms with Crippen molar-refractivity contribution < 1.29 is 14.8 Å². The van der Waals surface area contributed by atoms with E-state index in [1.165, 1.54) is 29.1 Å². The molecule has 9 nitrogen and oxygen atoms in total. The maximum Gasteiger partial charge on any atom is 0.360 e. The molecule has 0 radical (unpaired) electrons. The number of carboxylic acids is 1. The Morgan fingerprint density at radius 1 is 1.13 bits per heavy atom. The third-order valence-corrected chi connectivity index (χ3v) is 3.75. The van der Waals surface area contributed by atoms with Crippen LogP contribution in [-0.4, -0.2) is 44.1 Å². The molecule has 0 bridgehead atoms. The largest absolute Gasteiger partial charge is 0.476 e. The molecule has 120 valence electrons. The van der Waals surface area contributed by atoms with E-state index in [-0.39, 0.29) is 11.4 Å². The van der Waals surface area contributed by atoms with Crippen molar-refractivity contribution in [2.45, 2.75) is 19.3 Å². The highest BCUT2D eigenvalue weighted by Gasteiger charge is 2.24. The van der Waals surface area contributed by atoms with Gasteiger partial charge in [-0.2, -0.15) is 0 Å². The van der Waals surface area contributed by atoms with Crippen molar-refractivity contribution in [1.82, 2.24) is 15.0 Å². The van der Waals surface area contributed by atoms with E-state index in [4.69, 9.17) is 0 Å². The van der Waals surface area contributed by atoms with E-state index in [1.807, 2.05) is 4.90 Å². The summed E-state index contributed by atoms with van der Waals surface area (Å²) in [6.07, 6.45) is 3.10. The predicted octanol–water partition coefficient (Wildman–Crippen LogP) is 1.86. The summed E-state index contributed by atoms with van der Waals surface area (Å²) in [5, 5.41) is 28.3. The van der Waals surface area contributed by atoms with Crippen molar-refractivity contribution in [3.8, 4) is 5.69 Å². The Hall–Kier alpha value is -2.97. The first-order chi connectivity index (χ1) is 11.1. The molecule has 1 aromatic heterocycles. The molecule has 1 aromatic carbocycles. The average molecular weight is 317 g/mol. The standard InChI is InChI=1S/C14H15N5O4/c20-14(21)12-13(17-8-2-1-3-9-17)16-18(15-12)10-4-6-11(7-5-10)19(22)23/h4-7H,1-3,8-9H2,(H,20,21). The van der Waals surface area contributed by atoms with E-state index in [2.05, 4.69) is 10.2 Å². The van der Waals surface area contributed by atoms with Gasteiger partial charge in [-0.1, -0.05) is 0 Å². The molecule has 23 heavy (non-hydrogen) atoms. The van der Waals surface area contributed by atoms with Gasteiger partial charge in [-0.3, -0.25) is 10.1 Å². The van der Waals surface area contributed by atoms with Crippen molar-refractivity contribution in [3.05, 3.63) is 40.1 Å². The molecular formula is C14H15N5O4. The molecular weight excluding hydrogens is 302 g/mol. The Labute approximate surface area is 131 Å². The van der Waals surface area contributed by atoms with E-state index < -0.39 is 10.9 Å². The second-order valence-corrected chi connectivity index (χ2v) is 5.29. The van der Waals surface area contributed by atoms with Crippen LogP contribution in [-0.2, 0) is 0 Å². The molecule has 0 spiro atoms. The van der Waals surface area contributed by atoms with Gasteiger partial charge in [0.2, 0.25) is 5.69 Å². The Morgan fingerprint density at radius 3 is 2.35 bits per heavy atom. The van der Waals surface area contributed by atoms with Gasteiger partial charge in [-0.05, 0) is 31.4 Å². The van der Waals surface area contributed by atoms with Crippen LogP contribution in [0.2, 0.25) is 0 Å². The number of nitro groups is 1. The third kappa shape index (κ3) is 2.98. The van der Waals surface area contributed by atoms with E-state index in [1.54, 1.807) is 0 Å². The maximum absolute atomic E-state index is 11.4. The molecule has 1 aliphatic heterocycles. The van der Waals surface area contributed by atoms with Gasteiger partial charge >= 0.3 is 5.97 Å². The summed E-state index contributed by atoms with van der Waals surface area (Å²) in [4.78, 5) is 24.7. The first kappa shape index (κ1) is 14.9. The number of non-ortho nitro benzene ring substituents is 1. The molecule has 2 aromatic rings. The van der Waals surface area contributed by atoms with Crippen LogP contribution in [0, 0.1) is 10.1 Å². The molecule has 1 fully saturated rings. The quantitative estimate of drug-likeness (QED) is 0.676. The lowest BCUT2D eigenvalue weighted by Gasteiger charge is -2.26. The molecule has 1 aliphatic rings. The first-order valence-corrected chi connectivity index (χ1v) is 7.26. The van der Waals surface area contributed by atoms with E-state index >= 15 is 0 Å². The molecule has 0 saturated carbocycles. The van der Waals surface area contributed by atoms with E-state index in [0.29, 0.717) is 11.5 Å². The minimum atomic E-state index is -1.14. The van der Waals surface area contributed by atoms with Crippen molar-refractivity contribution in [1.29, 1.82) is 0 Å². The molecule has 3 rings (SSSR count). The number of carbonyl (C=O) groups is 1. The fourth-order valence-corrected chi connectivity index (χ4v) is 2.58. The Morgan fingerprint density at radius 2 is 1.78 bits per heavy atom. The second kappa shape index (κ2) is 6.03. The maximum atomic E-state index is 11.4.